The van der Waals surface area contributed by atoms with Crippen LogP contribution in [0.25, 0.3) is 11.3 Å². The van der Waals surface area contributed by atoms with E-state index in [-0.39, 0.29) is 5.69 Å². The Morgan fingerprint density at radius 3 is 2.65 bits per heavy atom. The summed E-state index contributed by atoms with van der Waals surface area (Å²) in [5.41, 5.74) is 2.06. The minimum absolute atomic E-state index is 0.0383. The molecule has 0 amide bonds. The number of nitro groups is 1. The predicted octanol–water partition coefficient (Wildman–Crippen LogP) is 2.41. The van der Waals surface area contributed by atoms with Crippen LogP contribution >= 0.6 is 0 Å². The van der Waals surface area contributed by atoms with Gasteiger partial charge >= 0.3 is 0 Å². The average molecular weight is 230 g/mol. The van der Waals surface area contributed by atoms with E-state index in [1.165, 1.54) is 12.1 Å². The maximum Gasteiger partial charge on any atom is 0.270 e. The number of carbonyl (C=O) groups excluding carboxylic acids is 1. The van der Waals surface area contributed by atoms with E-state index < -0.39 is 4.92 Å². The van der Waals surface area contributed by atoms with E-state index in [0.29, 0.717) is 5.69 Å². The van der Waals surface area contributed by atoms with E-state index >= 15 is 0 Å². The molecule has 1 aromatic heterocycles. The third-order valence-electron chi connectivity index (χ3n) is 2.63. The van der Waals surface area contributed by atoms with Gasteiger partial charge in [-0.05, 0) is 12.1 Å². The Hall–Kier alpha value is -2.43. The largest absolute Gasteiger partial charge is 0.341 e. The van der Waals surface area contributed by atoms with E-state index in [2.05, 4.69) is 0 Å². The van der Waals surface area contributed by atoms with Crippen LogP contribution in [0.2, 0.25) is 0 Å². The lowest BCUT2D eigenvalue weighted by atomic mass is 10.1. The van der Waals surface area contributed by atoms with Crippen LogP contribution in [0, 0.1) is 10.1 Å². The zero-order valence-electron chi connectivity index (χ0n) is 9.16. The Morgan fingerprint density at radius 2 is 2.06 bits per heavy atom. The number of rotatable bonds is 3. The number of nitro benzene ring substituents is 1. The Labute approximate surface area is 97.5 Å². The molecule has 2 rings (SSSR count). The summed E-state index contributed by atoms with van der Waals surface area (Å²) in [6.45, 7) is 0. The topological polar surface area (TPSA) is 65.1 Å². The van der Waals surface area contributed by atoms with Crippen LogP contribution in [0.3, 0.4) is 0 Å². The van der Waals surface area contributed by atoms with Gasteiger partial charge in [0.25, 0.3) is 5.69 Å². The van der Waals surface area contributed by atoms with Gasteiger partial charge in [0.2, 0.25) is 0 Å². The lowest BCUT2D eigenvalue weighted by Gasteiger charge is -2.04. The van der Waals surface area contributed by atoms with Crippen LogP contribution in [-0.4, -0.2) is 15.8 Å². The zero-order valence-corrected chi connectivity index (χ0v) is 9.16. The van der Waals surface area contributed by atoms with Crippen molar-refractivity contribution in [3.05, 3.63) is 52.2 Å². The normalized spacial score (nSPS) is 10.2. The van der Waals surface area contributed by atoms with Gasteiger partial charge in [-0.1, -0.05) is 12.1 Å². The highest BCUT2D eigenvalue weighted by Gasteiger charge is 2.10. The first kappa shape index (κ1) is 11.1. The molecule has 1 aromatic carbocycles. The minimum Gasteiger partial charge on any atom is -0.341 e. The van der Waals surface area contributed by atoms with Crippen molar-refractivity contribution in [2.75, 3.05) is 0 Å². The lowest BCUT2D eigenvalue weighted by molar-refractivity contribution is -0.384. The molecule has 0 unspecified atom stereocenters. The molecule has 17 heavy (non-hydrogen) atoms. The number of hydrogen-bond donors (Lipinski definition) is 0. The first-order valence-electron chi connectivity index (χ1n) is 4.99. The summed E-state index contributed by atoms with van der Waals surface area (Å²) in [5.74, 6) is 0. The fourth-order valence-corrected chi connectivity index (χ4v) is 1.71. The van der Waals surface area contributed by atoms with Crippen LogP contribution in [0.4, 0.5) is 5.69 Å². The number of aromatic nitrogens is 1. The molecule has 5 heteroatoms. The highest BCUT2D eigenvalue weighted by molar-refractivity contribution is 5.76. The summed E-state index contributed by atoms with van der Waals surface area (Å²) in [5, 5.41) is 10.7. The summed E-state index contributed by atoms with van der Waals surface area (Å²) < 4.78 is 1.70. The second-order valence-corrected chi connectivity index (χ2v) is 3.63. The Kier molecular flexibility index (Phi) is 2.74. The van der Waals surface area contributed by atoms with Gasteiger partial charge < -0.3 is 4.57 Å². The molecule has 0 fully saturated rings. The monoisotopic (exact) mass is 230 g/mol. The van der Waals surface area contributed by atoms with Crippen molar-refractivity contribution in [1.29, 1.82) is 0 Å². The quantitative estimate of drug-likeness (QED) is 0.462. The molecule has 0 saturated carbocycles. The molecule has 0 bridgehead atoms. The van der Waals surface area contributed by atoms with Crippen LogP contribution < -0.4 is 0 Å². The summed E-state index contributed by atoms with van der Waals surface area (Å²) in [7, 11) is 1.75. The van der Waals surface area contributed by atoms with Crippen LogP contribution in [0.1, 0.15) is 10.5 Å². The summed E-state index contributed by atoms with van der Waals surface area (Å²) in [6, 6.07) is 9.78. The molecule has 0 aliphatic carbocycles. The SMILES string of the molecule is Cn1c(C=O)ccc1-c1cccc([N+](=O)[O-])c1. The van der Waals surface area contributed by atoms with Gasteiger partial charge in [-0.25, -0.2) is 0 Å². The molecular formula is C12H10N2O3. The third-order valence-corrected chi connectivity index (χ3v) is 2.63. The molecule has 0 radical (unpaired) electrons. The molecule has 2 aromatic rings. The van der Waals surface area contributed by atoms with Crippen molar-refractivity contribution in [3.8, 4) is 11.3 Å². The van der Waals surface area contributed by atoms with Gasteiger partial charge in [0.15, 0.2) is 6.29 Å². The maximum atomic E-state index is 10.7. The smallest absolute Gasteiger partial charge is 0.270 e. The van der Waals surface area contributed by atoms with Crippen molar-refractivity contribution in [2.45, 2.75) is 0 Å². The van der Waals surface area contributed by atoms with Crippen LogP contribution in [0.5, 0.6) is 0 Å². The Bertz CT molecular complexity index is 587. The molecular weight excluding hydrogens is 220 g/mol. The van der Waals surface area contributed by atoms with Crippen molar-refractivity contribution in [3.63, 3.8) is 0 Å². The molecule has 0 aliphatic heterocycles. The molecule has 1 heterocycles. The highest BCUT2D eigenvalue weighted by Crippen LogP contribution is 2.24. The number of benzene rings is 1. The molecule has 0 saturated heterocycles. The van der Waals surface area contributed by atoms with Crippen LogP contribution in [0.15, 0.2) is 36.4 Å². The van der Waals surface area contributed by atoms with E-state index in [1.54, 1.807) is 35.9 Å². The molecule has 0 atom stereocenters. The first-order valence-corrected chi connectivity index (χ1v) is 4.99. The summed E-state index contributed by atoms with van der Waals surface area (Å²) in [4.78, 5) is 21.0. The van der Waals surface area contributed by atoms with Gasteiger partial charge in [-0.15, -0.1) is 0 Å². The number of carbonyl (C=O) groups is 1. The highest BCUT2D eigenvalue weighted by atomic mass is 16.6. The van der Waals surface area contributed by atoms with Gasteiger partial charge in [0, 0.05) is 30.4 Å². The number of nitrogens with zero attached hydrogens (tertiary/aromatic N) is 2. The summed E-state index contributed by atoms with van der Waals surface area (Å²) >= 11 is 0. The first-order chi connectivity index (χ1) is 8.13. The van der Waals surface area contributed by atoms with Crippen molar-refractivity contribution < 1.29 is 9.72 Å². The summed E-state index contributed by atoms with van der Waals surface area (Å²) in [6.07, 6.45) is 0.751. The second kappa shape index (κ2) is 4.21. The van der Waals surface area contributed by atoms with Gasteiger partial charge in [0.05, 0.1) is 10.6 Å². The zero-order chi connectivity index (χ0) is 12.4. The lowest BCUT2D eigenvalue weighted by Crippen LogP contribution is -1.97. The van der Waals surface area contributed by atoms with E-state index in [0.717, 1.165) is 17.5 Å². The van der Waals surface area contributed by atoms with Crippen molar-refractivity contribution in [2.24, 2.45) is 7.05 Å². The third kappa shape index (κ3) is 1.94. The molecule has 0 N–H and O–H groups in total. The molecule has 0 aliphatic rings. The predicted molar refractivity (Wildman–Crippen MR) is 62.9 cm³/mol. The molecule has 0 spiro atoms. The Morgan fingerprint density at radius 1 is 1.29 bits per heavy atom. The van der Waals surface area contributed by atoms with E-state index in [4.69, 9.17) is 0 Å². The van der Waals surface area contributed by atoms with Gasteiger partial charge in [-0.2, -0.15) is 0 Å². The van der Waals surface area contributed by atoms with E-state index in [1.807, 2.05) is 0 Å². The number of hydrogen-bond acceptors (Lipinski definition) is 3. The fourth-order valence-electron chi connectivity index (χ4n) is 1.71. The average Bonchev–Trinajstić information content (AvgIpc) is 2.70. The molecule has 5 nitrogen and oxygen atoms in total. The maximum absolute atomic E-state index is 10.7. The van der Waals surface area contributed by atoms with Crippen LogP contribution in [-0.2, 0) is 7.05 Å². The number of non-ortho nitro benzene ring substituents is 1. The van der Waals surface area contributed by atoms with Gasteiger partial charge in [0.1, 0.15) is 0 Å². The standard InChI is InChI=1S/C12H10N2O3/c1-13-11(8-15)5-6-12(13)9-3-2-4-10(7-9)14(16)17/h2-8H,1H3. The fraction of sp³-hybridized carbons (Fsp3) is 0.0833. The van der Waals surface area contributed by atoms with E-state index in [9.17, 15) is 14.9 Å². The Balaban J connectivity index is 2.52. The second-order valence-electron chi connectivity index (χ2n) is 3.63. The minimum atomic E-state index is -0.437. The van der Waals surface area contributed by atoms with Gasteiger partial charge in [-0.3, -0.25) is 14.9 Å². The molecule has 86 valence electrons. The van der Waals surface area contributed by atoms with Crippen molar-refractivity contribution in [1.82, 2.24) is 4.57 Å². The number of aldehydes is 1. The van der Waals surface area contributed by atoms with Crippen molar-refractivity contribution >= 4 is 12.0 Å².